The smallest absolute Gasteiger partial charge is 0.257 e. The number of hydrogen-bond acceptors (Lipinski definition) is 3. The van der Waals surface area contributed by atoms with Gasteiger partial charge in [0, 0.05) is 25.3 Å². The van der Waals surface area contributed by atoms with E-state index in [4.69, 9.17) is 4.42 Å². The largest absolute Gasteiger partial charge is 0.472 e. The lowest BCUT2D eigenvalue weighted by atomic mass is 9.95. The minimum absolute atomic E-state index is 0.0657. The van der Waals surface area contributed by atoms with Crippen LogP contribution >= 0.6 is 0 Å². The maximum Gasteiger partial charge on any atom is 0.257 e. The van der Waals surface area contributed by atoms with E-state index >= 15 is 0 Å². The highest BCUT2D eigenvalue weighted by atomic mass is 16.3. The zero-order chi connectivity index (χ0) is 16.9. The molecular formula is C19H22N2O3. The second-order valence-electron chi connectivity index (χ2n) is 6.02. The second-order valence-corrected chi connectivity index (χ2v) is 6.02. The van der Waals surface area contributed by atoms with Gasteiger partial charge in [0.05, 0.1) is 17.7 Å². The number of hydrogen-bond donors (Lipinski definition) is 0. The number of carbonyl (C=O) groups excluding carboxylic acids is 2. The molecule has 0 radical (unpaired) electrons. The first-order valence-corrected chi connectivity index (χ1v) is 8.38. The maximum atomic E-state index is 13.0. The first-order chi connectivity index (χ1) is 11.7. The van der Waals surface area contributed by atoms with Gasteiger partial charge in [-0.1, -0.05) is 18.2 Å². The van der Waals surface area contributed by atoms with E-state index in [0.29, 0.717) is 25.2 Å². The zero-order valence-electron chi connectivity index (χ0n) is 13.9. The van der Waals surface area contributed by atoms with Crippen molar-refractivity contribution in [3.63, 3.8) is 0 Å². The minimum Gasteiger partial charge on any atom is -0.472 e. The Balaban J connectivity index is 1.72. The summed E-state index contributed by atoms with van der Waals surface area (Å²) in [7, 11) is 0. The molecule has 2 aromatic rings. The summed E-state index contributed by atoms with van der Waals surface area (Å²) in [6, 6.07) is 11.4. The van der Waals surface area contributed by atoms with Crippen molar-refractivity contribution in [2.24, 2.45) is 5.92 Å². The summed E-state index contributed by atoms with van der Waals surface area (Å²) < 4.78 is 4.99. The Labute approximate surface area is 141 Å². The average Bonchev–Trinajstić information content (AvgIpc) is 3.17. The second kappa shape index (κ2) is 7.34. The van der Waals surface area contributed by atoms with Crippen LogP contribution in [0, 0.1) is 5.92 Å². The molecule has 5 nitrogen and oxygen atoms in total. The van der Waals surface area contributed by atoms with Crippen LogP contribution in [0.15, 0.2) is 53.3 Å². The SMILES string of the molecule is CCN(C(=O)C1CCCN(C(=O)c2ccoc2)C1)c1ccccc1. The molecule has 5 heteroatoms. The van der Waals surface area contributed by atoms with E-state index in [1.807, 2.05) is 37.3 Å². The topological polar surface area (TPSA) is 53.8 Å². The lowest BCUT2D eigenvalue weighted by Gasteiger charge is -2.34. The van der Waals surface area contributed by atoms with Gasteiger partial charge in [-0.15, -0.1) is 0 Å². The normalized spacial score (nSPS) is 17.5. The van der Waals surface area contributed by atoms with Crippen molar-refractivity contribution in [3.05, 3.63) is 54.5 Å². The van der Waals surface area contributed by atoms with Gasteiger partial charge in [0.1, 0.15) is 6.26 Å². The van der Waals surface area contributed by atoms with Gasteiger partial charge in [0.15, 0.2) is 0 Å². The number of nitrogens with zero attached hydrogens (tertiary/aromatic N) is 2. The number of amides is 2. The van der Waals surface area contributed by atoms with Gasteiger partial charge in [-0.2, -0.15) is 0 Å². The highest BCUT2D eigenvalue weighted by Gasteiger charge is 2.31. The highest BCUT2D eigenvalue weighted by Crippen LogP contribution is 2.23. The van der Waals surface area contributed by atoms with Crippen molar-refractivity contribution in [1.82, 2.24) is 4.90 Å². The average molecular weight is 326 g/mol. The highest BCUT2D eigenvalue weighted by molar-refractivity contribution is 5.97. The van der Waals surface area contributed by atoms with Crippen LogP contribution in [0.5, 0.6) is 0 Å². The molecule has 2 heterocycles. The quantitative estimate of drug-likeness (QED) is 0.867. The van der Waals surface area contributed by atoms with Crippen LogP contribution in [0.25, 0.3) is 0 Å². The summed E-state index contributed by atoms with van der Waals surface area (Å²) in [5.41, 5.74) is 1.45. The molecule has 1 aliphatic rings. The Bertz CT molecular complexity index is 682. The van der Waals surface area contributed by atoms with E-state index in [1.54, 1.807) is 15.9 Å². The summed E-state index contributed by atoms with van der Waals surface area (Å²) in [6.45, 7) is 3.74. The number of para-hydroxylation sites is 1. The number of benzene rings is 1. The van der Waals surface area contributed by atoms with Gasteiger partial charge in [-0.25, -0.2) is 0 Å². The van der Waals surface area contributed by atoms with Crippen molar-refractivity contribution in [2.45, 2.75) is 19.8 Å². The lowest BCUT2D eigenvalue weighted by Crippen LogP contribution is -2.46. The third-order valence-corrected chi connectivity index (χ3v) is 4.48. The predicted octanol–water partition coefficient (Wildman–Crippen LogP) is 3.18. The fourth-order valence-corrected chi connectivity index (χ4v) is 3.23. The molecule has 126 valence electrons. The van der Waals surface area contributed by atoms with Crippen molar-refractivity contribution in [2.75, 3.05) is 24.5 Å². The molecule has 0 aliphatic carbocycles. The number of likely N-dealkylation sites (tertiary alicyclic amines) is 1. The standard InChI is InChI=1S/C19H22N2O3/c1-2-21(17-8-4-3-5-9-17)19(23)15-7-6-11-20(13-15)18(22)16-10-12-24-14-16/h3-5,8-10,12,14-15H,2,6-7,11,13H2,1H3. The first kappa shape index (κ1) is 16.3. The molecule has 0 spiro atoms. The molecule has 3 rings (SSSR count). The Morgan fingerprint density at radius 2 is 2.04 bits per heavy atom. The molecular weight excluding hydrogens is 304 g/mol. The van der Waals surface area contributed by atoms with Gasteiger partial charge in [0.25, 0.3) is 5.91 Å². The summed E-state index contributed by atoms with van der Waals surface area (Å²) in [4.78, 5) is 29.0. The number of carbonyl (C=O) groups is 2. The molecule has 1 aromatic heterocycles. The Morgan fingerprint density at radius 3 is 2.71 bits per heavy atom. The van der Waals surface area contributed by atoms with E-state index in [9.17, 15) is 9.59 Å². The van der Waals surface area contributed by atoms with Crippen LogP contribution in [-0.2, 0) is 4.79 Å². The van der Waals surface area contributed by atoms with Gasteiger partial charge in [-0.05, 0) is 38.0 Å². The molecule has 0 saturated carbocycles. The molecule has 1 unspecified atom stereocenters. The third kappa shape index (κ3) is 3.35. The molecule has 0 N–H and O–H groups in total. The fourth-order valence-electron chi connectivity index (χ4n) is 3.23. The number of rotatable bonds is 4. The molecule has 1 fully saturated rings. The van der Waals surface area contributed by atoms with E-state index < -0.39 is 0 Å². The summed E-state index contributed by atoms with van der Waals surface area (Å²) in [5, 5.41) is 0. The maximum absolute atomic E-state index is 13.0. The molecule has 24 heavy (non-hydrogen) atoms. The number of anilines is 1. The third-order valence-electron chi connectivity index (χ3n) is 4.48. The predicted molar refractivity (Wildman–Crippen MR) is 91.8 cm³/mol. The molecule has 1 saturated heterocycles. The van der Waals surface area contributed by atoms with Crippen LogP contribution in [0.3, 0.4) is 0 Å². The van der Waals surface area contributed by atoms with Gasteiger partial charge in [0.2, 0.25) is 5.91 Å². The van der Waals surface area contributed by atoms with Crippen LogP contribution in [-0.4, -0.2) is 36.3 Å². The Morgan fingerprint density at radius 1 is 1.25 bits per heavy atom. The van der Waals surface area contributed by atoms with Crippen molar-refractivity contribution in [1.29, 1.82) is 0 Å². The first-order valence-electron chi connectivity index (χ1n) is 8.38. The van der Waals surface area contributed by atoms with E-state index in [2.05, 4.69) is 0 Å². The lowest BCUT2D eigenvalue weighted by molar-refractivity contribution is -0.123. The number of furan rings is 1. The van der Waals surface area contributed by atoms with Gasteiger partial charge >= 0.3 is 0 Å². The fraction of sp³-hybridized carbons (Fsp3) is 0.368. The molecule has 0 bridgehead atoms. The van der Waals surface area contributed by atoms with Crippen LogP contribution in [0.1, 0.15) is 30.1 Å². The van der Waals surface area contributed by atoms with E-state index in [1.165, 1.54) is 12.5 Å². The van der Waals surface area contributed by atoms with Crippen molar-refractivity contribution >= 4 is 17.5 Å². The van der Waals surface area contributed by atoms with Crippen molar-refractivity contribution < 1.29 is 14.0 Å². The molecule has 2 amide bonds. The molecule has 1 aromatic carbocycles. The van der Waals surface area contributed by atoms with Crippen LogP contribution in [0.2, 0.25) is 0 Å². The van der Waals surface area contributed by atoms with E-state index in [0.717, 1.165) is 18.5 Å². The zero-order valence-corrected chi connectivity index (χ0v) is 13.9. The monoisotopic (exact) mass is 326 g/mol. The number of piperidine rings is 1. The van der Waals surface area contributed by atoms with Gasteiger partial charge < -0.3 is 14.2 Å². The summed E-state index contributed by atoms with van der Waals surface area (Å²) >= 11 is 0. The van der Waals surface area contributed by atoms with Crippen LogP contribution in [0.4, 0.5) is 5.69 Å². The Kier molecular flexibility index (Phi) is 4.99. The molecule has 1 aliphatic heterocycles. The van der Waals surface area contributed by atoms with Gasteiger partial charge in [-0.3, -0.25) is 9.59 Å². The Hall–Kier alpha value is -2.56. The molecule has 1 atom stereocenters. The summed E-state index contributed by atoms with van der Waals surface area (Å²) in [5.74, 6) is -0.132. The van der Waals surface area contributed by atoms with Crippen molar-refractivity contribution in [3.8, 4) is 0 Å². The summed E-state index contributed by atoms with van der Waals surface area (Å²) in [6.07, 6.45) is 4.60. The van der Waals surface area contributed by atoms with Crippen LogP contribution < -0.4 is 4.90 Å². The minimum atomic E-state index is -0.158. The van der Waals surface area contributed by atoms with E-state index in [-0.39, 0.29) is 17.7 Å².